The standard InChI is InChI=1S/C17H34N4S/c1-14-6-9-21(10-7-14)15(2)12-19-16(18-4)20-13-17(3)8-5-11-22-17/h14-15H,5-13H2,1-4H3,(H2,18,19,20). The van der Waals surface area contributed by atoms with Gasteiger partial charge >= 0.3 is 0 Å². The highest BCUT2D eigenvalue weighted by molar-refractivity contribution is 8.00. The van der Waals surface area contributed by atoms with Crippen molar-refractivity contribution in [1.29, 1.82) is 0 Å². The fourth-order valence-electron chi connectivity index (χ4n) is 3.31. The van der Waals surface area contributed by atoms with Crippen LogP contribution in [0.5, 0.6) is 0 Å². The maximum absolute atomic E-state index is 4.38. The van der Waals surface area contributed by atoms with Crippen LogP contribution in [-0.4, -0.2) is 60.6 Å². The highest BCUT2D eigenvalue weighted by Gasteiger charge is 2.29. The van der Waals surface area contributed by atoms with Gasteiger partial charge in [-0.1, -0.05) is 6.92 Å². The van der Waals surface area contributed by atoms with E-state index in [9.17, 15) is 0 Å². The highest BCUT2D eigenvalue weighted by atomic mass is 32.2. The second kappa shape index (κ2) is 8.44. The Kier molecular flexibility index (Phi) is 6.87. The summed E-state index contributed by atoms with van der Waals surface area (Å²) in [5.74, 6) is 3.15. The Balaban J connectivity index is 1.69. The Hall–Kier alpha value is -0.420. The predicted molar refractivity (Wildman–Crippen MR) is 98.9 cm³/mol. The van der Waals surface area contributed by atoms with E-state index >= 15 is 0 Å². The molecule has 4 nitrogen and oxygen atoms in total. The maximum atomic E-state index is 4.38. The minimum Gasteiger partial charge on any atom is -0.355 e. The topological polar surface area (TPSA) is 39.7 Å². The molecule has 2 unspecified atom stereocenters. The molecule has 2 aliphatic heterocycles. The lowest BCUT2D eigenvalue weighted by Crippen LogP contribution is -2.49. The third-order valence-corrected chi connectivity index (χ3v) is 6.70. The molecule has 2 rings (SSSR count). The van der Waals surface area contributed by atoms with Gasteiger partial charge < -0.3 is 10.6 Å². The Labute approximate surface area is 140 Å². The van der Waals surface area contributed by atoms with E-state index in [0.717, 1.165) is 25.0 Å². The first-order chi connectivity index (χ1) is 10.5. The van der Waals surface area contributed by atoms with E-state index in [1.807, 2.05) is 7.05 Å². The van der Waals surface area contributed by atoms with E-state index in [-0.39, 0.29) is 0 Å². The zero-order chi connectivity index (χ0) is 16.0. The average molecular weight is 327 g/mol. The number of hydrogen-bond donors (Lipinski definition) is 2. The summed E-state index contributed by atoms with van der Waals surface area (Å²) in [5.41, 5.74) is 0. The average Bonchev–Trinajstić information content (AvgIpc) is 2.95. The van der Waals surface area contributed by atoms with Crippen molar-refractivity contribution < 1.29 is 0 Å². The lowest BCUT2D eigenvalue weighted by atomic mass is 9.98. The Morgan fingerprint density at radius 3 is 2.68 bits per heavy atom. The number of likely N-dealkylation sites (tertiary alicyclic amines) is 1. The monoisotopic (exact) mass is 326 g/mol. The summed E-state index contributed by atoms with van der Waals surface area (Å²) in [4.78, 5) is 6.98. The van der Waals surface area contributed by atoms with Crippen molar-refractivity contribution in [3.05, 3.63) is 0 Å². The van der Waals surface area contributed by atoms with Gasteiger partial charge in [0, 0.05) is 30.9 Å². The molecule has 2 fully saturated rings. The first-order valence-electron chi connectivity index (χ1n) is 8.85. The van der Waals surface area contributed by atoms with Gasteiger partial charge in [-0.2, -0.15) is 11.8 Å². The van der Waals surface area contributed by atoms with Gasteiger partial charge in [0.2, 0.25) is 0 Å². The zero-order valence-electron chi connectivity index (χ0n) is 14.8. The van der Waals surface area contributed by atoms with Crippen molar-refractivity contribution in [1.82, 2.24) is 15.5 Å². The van der Waals surface area contributed by atoms with Crippen molar-refractivity contribution in [3.63, 3.8) is 0 Å². The van der Waals surface area contributed by atoms with Crippen LogP contribution in [0.3, 0.4) is 0 Å². The van der Waals surface area contributed by atoms with Gasteiger partial charge in [0.05, 0.1) is 0 Å². The minimum absolute atomic E-state index is 0.381. The van der Waals surface area contributed by atoms with Gasteiger partial charge in [0.15, 0.2) is 5.96 Å². The Morgan fingerprint density at radius 1 is 1.36 bits per heavy atom. The molecule has 0 saturated carbocycles. The summed E-state index contributed by atoms with van der Waals surface area (Å²) in [6.45, 7) is 11.5. The molecular formula is C17H34N4S. The van der Waals surface area contributed by atoms with Gasteiger partial charge in [0.25, 0.3) is 0 Å². The number of piperidine rings is 1. The molecule has 2 N–H and O–H groups in total. The van der Waals surface area contributed by atoms with Crippen LogP contribution in [0.15, 0.2) is 4.99 Å². The van der Waals surface area contributed by atoms with Crippen LogP contribution in [-0.2, 0) is 0 Å². The number of nitrogens with one attached hydrogen (secondary N) is 2. The number of nitrogens with zero attached hydrogens (tertiary/aromatic N) is 2. The SMILES string of the molecule is CN=C(NCC(C)N1CCC(C)CC1)NCC1(C)CCCS1. The molecule has 2 saturated heterocycles. The molecular weight excluding hydrogens is 292 g/mol. The van der Waals surface area contributed by atoms with E-state index < -0.39 is 0 Å². The first-order valence-corrected chi connectivity index (χ1v) is 9.83. The lowest BCUT2D eigenvalue weighted by molar-refractivity contribution is 0.147. The van der Waals surface area contributed by atoms with Crippen LogP contribution in [0.25, 0.3) is 0 Å². The van der Waals surface area contributed by atoms with Crippen LogP contribution in [0, 0.1) is 5.92 Å². The normalized spacial score (nSPS) is 29.5. The molecule has 0 aliphatic carbocycles. The second-order valence-electron chi connectivity index (χ2n) is 7.28. The number of thioether (sulfide) groups is 1. The summed E-state index contributed by atoms with van der Waals surface area (Å²) < 4.78 is 0.381. The highest BCUT2D eigenvalue weighted by Crippen LogP contribution is 2.36. The van der Waals surface area contributed by atoms with Gasteiger partial charge in [0.1, 0.15) is 0 Å². The van der Waals surface area contributed by atoms with Gasteiger partial charge in [-0.25, -0.2) is 0 Å². The van der Waals surface area contributed by atoms with Crippen molar-refractivity contribution in [2.75, 3.05) is 39.0 Å². The summed E-state index contributed by atoms with van der Waals surface area (Å²) in [6, 6.07) is 0.572. The molecule has 2 aliphatic rings. The van der Waals surface area contributed by atoms with Crippen LogP contribution >= 0.6 is 11.8 Å². The summed E-state index contributed by atoms with van der Waals surface area (Å²) in [6.07, 6.45) is 5.34. The fraction of sp³-hybridized carbons (Fsp3) is 0.941. The molecule has 0 aromatic rings. The van der Waals surface area contributed by atoms with E-state index in [1.54, 1.807) is 0 Å². The van der Waals surface area contributed by atoms with Gasteiger partial charge in [-0.3, -0.25) is 9.89 Å². The molecule has 0 aromatic carbocycles. The molecule has 2 atom stereocenters. The molecule has 0 radical (unpaired) electrons. The van der Waals surface area contributed by atoms with Crippen LogP contribution in [0.2, 0.25) is 0 Å². The molecule has 2 heterocycles. The Morgan fingerprint density at radius 2 is 2.09 bits per heavy atom. The predicted octanol–water partition coefficient (Wildman–Crippen LogP) is 2.56. The van der Waals surface area contributed by atoms with Crippen molar-refractivity contribution in [2.45, 2.75) is 57.2 Å². The van der Waals surface area contributed by atoms with E-state index in [2.05, 4.69) is 53.1 Å². The largest absolute Gasteiger partial charge is 0.355 e. The fourth-order valence-corrected chi connectivity index (χ4v) is 4.55. The molecule has 0 bridgehead atoms. The molecule has 0 spiro atoms. The third kappa shape index (κ3) is 5.34. The first kappa shape index (κ1) is 17.9. The number of rotatable bonds is 5. The molecule has 0 aromatic heterocycles. The summed E-state index contributed by atoms with van der Waals surface area (Å²) in [7, 11) is 1.87. The third-order valence-electron chi connectivity index (χ3n) is 5.16. The maximum Gasteiger partial charge on any atom is 0.191 e. The van der Waals surface area contributed by atoms with Gasteiger partial charge in [-0.15, -0.1) is 0 Å². The minimum atomic E-state index is 0.381. The van der Waals surface area contributed by atoms with E-state index in [4.69, 9.17) is 0 Å². The van der Waals surface area contributed by atoms with Crippen LogP contribution in [0.1, 0.15) is 46.5 Å². The second-order valence-corrected chi connectivity index (χ2v) is 8.96. The lowest BCUT2D eigenvalue weighted by Gasteiger charge is -2.35. The van der Waals surface area contributed by atoms with Gasteiger partial charge in [-0.05, 0) is 64.3 Å². The molecule has 0 amide bonds. The summed E-state index contributed by atoms with van der Waals surface area (Å²) in [5, 5.41) is 7.02. The molecule has 5 heteroatoms. The quantitative estimate of drug-likeness (QED) is 0.602. The molecule has 128 valence electrons. The van der Waals surface area contributed by atoms with Crippen LogP contribution < -0.4 is 10.6 Å². The van der Waals surface area contributed by atoms with Crippen LogP contribution in [0.4, 0.5) is 0 Å². The number of guanidine groups is 1. The van der Waals surface area contributed by atoms with Crippen molar-refractivity contribution in [2.24, 2.45) is 10.9 Å². The molecule has 22 heavy (non-hydrogen) atoms. The van der Waals surface area contributed by atoms with E-state index in [1.165, 1.54) is 44.5 Å². The smallest absolute Gasteiger partial charge is 0.191 e. The summed E-state index contributed by atoms with van der Waals surface area (Å²) >= 11 is 2.09. The number of aliphatic imine (C=N–C) groups is 1. The Bertz CT molecular complexity index is 358. The number of hydrogen-bond acceptors (Lipinski definition) is 3. The zero-order valence-corrected chi connectivity index (χ0v) is 15.6. The van der Waals surface area contributed by atoms with E-state index in [0.29, 0.717) is 10.8 Å². The van der Waals surface area contributed by atoms with Crippen molar-refractivity contribution in [3.8, 4) is 0 Å². The van der Waals surface area contributed by atoms with Crippen molar-refractivity contribution >= 4 is 17.7 Å².